The van der Waals surface area contributed by atoms with Crippen LogP contribution in [0.2, 0.25) is 0 Å². The molecule has 21 heavy (non-hydrogen) atoms. The Morgan fingerprint density at radius 2 is 1.62 bits per heavy atom. The third-order valence-corrected chi connectivity index (χ3v) is 4.20. The van der Waals surface area contributed by atoms with Gasteiger partial charge in [-0.1, -0.05) is 6.07 Å². The van der Waals surface area contributed by atoms with Crippen LogP contribution in [0.4, 0.5) is 24.5 Å². The third kappa shape index (κ3) is 2.94. The van der Waals surface area contributed by atoms with Crippen LogP contribution in [0.5, 0.6) is 0 Å². The van der Waals surface area contributed by atoms with Gasteiger partial charge in [0.15, 0.2) is 0 Å². The number of para-hydroxylation sites is 1. The number of hydrogen-bond acceptors (Lipinski definition) is 3. The Labute approximate surface area is 119 Å². The number of nitrogens with one attached hydrogen (secondary N) is 1. The second-order valence-electron chi connectivity index (χ2n) is 4.32. The number of benzene rings is 2. The van der Waals surface area contributed by atoms with Gasteiger partial charge in [0.1, 0.15) is 23.1 Å². The van der Waals surface area contributed by atoms with Gasteiger partial charge in [0.25, 0.3) is 10.0 Å². The molecule has 0 unspecified atom stereocenters. The van der Waals surface area contributed by atoms with E-state index in [1.165, 1.54) is 6.92 Å². The van der Waals surface area contributed by atoms with Gasteiger partial charge in [-0.3, -0.25) is 4.72 Å². The van der Waals surface area contributed by atoms with Gasteiger partial charge < -0.3 is 5.73 Å². The zero-order valence-electron chi connectivity index (χ0n) is 10.8. The largest absolute Gasteiger partial charge is 0.398 e. The van der Waals surface area contributed by atoms with Gasteiger partial charge in [-0.25, -0.2) is 21.6 Å². The summed E-state index contributed by atoms with van der Waals surface area (Å²) in [5.41, 5.74) is 4.66. The summed E-state index contributed by atoms with van der Waals surface area (Å²) >= 11 is 0. The summed E-state index contributed by atoms with van der Waals surface area (Å²) in [7, 11) is -4.37. The van der Waals surface area contributed by atoms with E-state index in [-0.39, 0.29) is 11.3 Å². The van der Waals surface area contributed by atoms with Crippen LogP contribution in [0, 0.1) is 24.4 Å². The molecular formula is C13H11F3N2O2S. The van der Waals surface area contributed by atoms with Crippen molar-refractivity contribution in [1.82, 2.24) is 0 Å². The van der Waals surface area contributed by atoms with Gasteiger partial charge >= 0.3 is 0 Å². The molecule has 2 rings (SSSR count). The summed E-state index contributed by atoms with van der Waals surface area (Å²) in [6.45, 7) is 1.38. The first-order valence-corrected chi connectivity index (χ1v) is 7.23. The van der Waals surface area contributed by atoms with Crippen molar-refractivity contribution < 1.29 is 21.6 Å². The first-order valence-electron chi connectivity index (χ1n) is 5.75. The minimum absolute atomic E-state index is 0.0793. The summed E-state index contributed by atoms with van der Waals surface area (Å²) in [5.74, 6) is -3.00. The fraction of sp³-hybridized carbons (Fsp3) is 0.0769. The monoisotopic (exact) mass is 316 g/mol. The van der Waals surface area contributed by atoms with E-state index in [0.717, 1.165) is 30.3 Å². The van der Waals surface area contributed by atoms with E-state index < -0.39 is 38.1 Å². The van der Waals surface area contributed by atoms with Gasteiger partial charge in [0, 0.05) is 11.3 Å². The average Bonchev–Trinajstić information content (AvgIpc) is 2.40. The molecule has 0 aliphatic rings. The molecule has 0 fully saturated rings. The highest BCUT2D eigenvalue weighted by Gasteiger charge is 2.21. The Hall–Kier alpha value is -2.22. The van der Waals surface area contributed by atoms with Crippen LogP contribution >= 0.6 is 0 Å². The molecule has 0 saturated heterocycles. The lowest BCUT2D eigenvalue weighted by molar-refractivity contribution is 0.581. The Kier molecular flexibility index (Phi) is 3.82. The van der Waals surface area contributed by atoms with Gasteiger partial charge in [0.2, 0.25) is 0 Å². The summed E-state index contributed by atoms with van der Waals surface area (Å²) in [6.07, 6.45) is 0. The summed E-state index contributed by atoms with van der Waals surface area (Å²) in [4.78, 5) is -0.522. The lowest BCUT2D eigenvalue weighted by atomic mass is 10.2. The van der Waals surface area contributed by atoms with E-state index in [9.17, 15) is 21.6 Å². The highest BCUT2D eigenvalue weighted by Crippen LogP contribution is 2.25. The molecule has 0 radical (unpaired) electrons. The smallest absolute Gasteiger partial charge is 0.262 e. The maximum atomic E-state index is 13.5. The number of halogens is 3. The van der Waals surface area contributed by atoms with Gasteiger partial charge in [-0.15, -0.1) is 0 Å². The first-order chi connectivity index (χ1) is 9.72. The predicted molar refractivity (Wildman–Crippen MR) is 72.7 cm³/mol. The predicted octanol–water partition coefficient (Wildman–Crippen LogP) is 2.80. The molecule has 4 nitrogen and oxygen atoms in total. The number of hydrogen-bond donors (Lipinski definition) is 2. The highest BCUT2D eigenvalue weighted by molar-refractivity contribution is 7.92. The van der Waals surface area contributed by atoms with Gasteiger partial charge in [0.05, 0.1) is 4.90 Å². The van der Waals surface area contributed by atoms with Crippen LogP contribution < -0.4 is 10.5 Å². The second kappa shape index (κ2) is 5.28. The summed E-state index contributed by atoms with van der Waals surface area (Å²) in [6, 6.07) is 4.62. The van der Waals surface area contributed by atoms with Crippen LogP contribution in [0.3, 0.4) is 0 Å². The summed E-state index contributed by atoms with van der Waals surface area (Å²) < 4.78 is 66.3. The Morgan fingerprint density at radius 1 is 1.05 bits per heavy atom. The minimum Gasteiger partial charge on any atom is -0.398 e. The Morgan fingerprint density at radius 3 is 2.14 bits per heavy atom. The lowest BCUT2D eigenvalue weighted by Gasteiger charge is -2.11. The molecule has 112 valence electrons. The topological polar surface area (TPSA) is 72.2 Å². The molecule has 0 aromatic heterocycles. The molecule has 0 spiro atoms. The van der Waals surface area contributed by atoms with Crippen molar-refractivity contribution in [3.8, 4) is 0 Å². The van der Waals surface area contributed by atoms with Crippen molar-refractivity contribution in [2.75, 3.05) is 10.5 Å². The van der Waals surface area contributed by atoms with Crippen molar-refractivity contribution in [2.45, 2.75) is 11.8 Å². The quantitative estimate of drug-likeness (QED) is 0.855. The van der Waals surface area contributed by atoms with E-state index in [4.69, 9.17) is 5.73 Å². The molecule has 0 saturated carbocycles. The fourth-order valence-corrected chi connectivity index (χ4v) is 2.74. The molecular weight excluding hydrogens is 305 g/mol. The lowest BCUT2D eigenvalue weighted by Crippen LogP contribution is -2.16. The van der Waals surface area contributed by atoms with E-state index in [0.29, 0.717) is 0 Å². The van der Waals surface area contributed by atoms with Crippen LogP contribution in [0.1, 0.15) is 5.56 Å². The second-order valence-corrected chi connectivity index (χ2v) is 6.00. The highest BCUT2D eigenvalue weighted by atomic mass is 32.2. The molecule has 3 N–H and O–H groups in total. The molecule has 2 aromatic carbocycles. The van der Waals surface area contributed by atoms with Crippen molar-refractivity contribution >= 4 is 21.4 Å². The molecule has 0 heterocycles. The van der Waals surface area contributed by atoms with Crippen LogP contribution in [-0.2, 0) is 10.0 Å². The van der Waals surface area contributed by atoms with E-state index in [1.54, 1.807) is 4.72 Å². The number of sulfonamides is 1. The standard InChI is InChI=1S/C13H11F3N2O2S/c1-7-11(16)5-8(6-12(7)17)21(19,20)18-13-9(14)3-2-4-10(13)15/h2-6,18H,17H2,1H3. The Balaban J connectivity index is 2.49. The number of anilines is 2. The average molecular weight is 316 g/mol. The minimum atomic E-state index is -4.37. The summed E-state index contributed by atoms with van der Waals surface area (Å²) in [5, 5.41) is 0. The molecule has 0 bridgehead atoms. The SMILES string of the molecule is Cc1c(N)cc(S(=O)(=O)Nc2c(F)cccc2F)cc1F. The molecule has 2 aromatic rings. The van der Waals surface area contributed by atoms with Crippen LogP contribution in [0.15, 0.2) is 35.2 Å². The maximum Gasteiger partial charge on any atom is 0.262 e. The zero-order valence-corrected chi connectivity index (χ0v) is 11.6. The molecule has 0 aliphatic carbocycles. The first kappa shape index (κ1) is 15.2. The van der Waals surface area contributed by atoms with Crippen LogP contribution in [0.25, 0.3) is 0 Å². The normalized spacial score (nSPS) is 11.4. The number of rotatable bonds is 3. The Bertz CT molecular complexity index is 764. The van der Waals surface area contributed by atoms with E-state index >= 15 is 0 Å². The van der Waals surface area contributed by atoms with Crippen molar-refractivity contribution in [3.05, 3.63) is 53.3 Å². The van der Waals surface area contributed by atoms with Gasteiger partial charge in [-0.2, -0.15) is 0 Å². The molecule has 0 aliphatic heterocycles. The van der Waals surface area contributed by atoms with Crippen molar-refractivity contribution in [3.63, 3.8) is 0 Å². The molecule has 0 amide bonds. The number of nitrogens with two attached hydrogens (primary N) is 1. The molecule has 8 heteroatoms. The maximum absolute atomic E-state index is 13.5. The zero-order chi connectivity index (χ0) is 15.8. The number of nitrogen functional groups attached to an aromatic ring is 1. The van der Waals surface area contributed by atoms with Crippen molar-refractivity contribution in [1.29, 1.82) is 0 Å². The van der Waals surface area contributed by atoms with Crippen molar-refractivity contribution in [2.24, 2.45) is 0 Å². The molecule has 0 atom stereocenters. The third-order valence-electron chi connectivity index (χ3n) is 2.87. The van der Waals surface area contributed by atoms with Crippen LogP contribution in [-0.4, -0.2) is 8.42 Å². The van der Waals surface area contributed by atoms with Gasteiger partial charge in [-0.05, 0) is 31.2 Å². The fourth-order valence-electron chi connectivity index (χ4n) is 1.62. The van der Waals surface area contributed by atoms with E-state index in [2.05, 4.69) is 0 Å². The van der Waals surface area contributed by atoms with E-state index in [1.807, 2.05) is 0 Å².